The van der Waals surface area contributed by atoms with E-state index in [0.717, 1.165) is 4.47 Å². The maximum absolute atomic E-state index is 12.9. The Morgan fingerprint density at radius 2 is 1.52 bits per heavy atom. The Morgan fingerprint density at radius 1 is 0.840 bits per heavy atom. The third-order valence-corrected chi connectivity index (χ3v) is 4.45. The molecule has 0 bridgehead atoms. The van der Waals surface area contributed by atoms with Gasteiger partial charge in [0, 0.05) is 21.2 Å². The lowest BCUT2D eigenvalue weighted by atomic mass is 10.0. The number of carbonyl (C=O) groups excluding carboxylic acids is 2. The Hall–Kier alpha value is -2.43. The van der Waals surface area contributed by atoms with Gasteiger partial charge < -0.3 is 5.32 Å². The first kappa shape index (κ1) is 17.4. The summed E-state index contributed by atoms with van der Waals surface area (Å²) in [4.78, 5) is 25.3. The van der Waals surface area contributed by atoms with E-state index in [1.165, 1.54) is 0 Å². The number of carbonyl (C=O) groups is 2. The molecule has 0 aliphatic heterocycles. The van der Waals surface area contributed by atoms with Crippen molar-refractivity contribution in [1.82, 2.24) is 0 Å². The normalized spacial score (nSPS) is 10.3. The number of halogens is 2. The molecule has 1 N–H and O–H groups in total. The second-order valence-electron chi connectivity index (χ2n) is 5.32. The highest BCUT2D eigenvalue weighted by Gasteiger charge is 2.18. The van der Waals surface area contributed by atoms with Crippen molar-refractivity contribution in [1.29, 1.82) is 0 Å². The molecule has 0 aromatic heterocycles. The highest BCUT2D eigenvalue weighted by Crippen LogP contribution is 2.27. The molecular formula is C20H13BrClNO2. The fourth-order valence-electron chi connectivity index (χ4n) is 2.39. The molecule has 0 radical (unpaired) electrons. The van der Waals surface area contributed by atoms with Gasteiger partial charge in [-0.2, -0.15) is 0 Å². The van der Waals surface area contributed by atoms with Crippen molar-refractivity contribution >= 4 is 44.9 Å². The number of ketones is 1. The van der Waals surface area contributed by atoms with Crippen LogP contribution in [-0.2, 0) is 0 Å². The van der Waals surface area contributed by atoms with Gasteiger partial charge in [0.1, 0.15) is 0 Å². The number of nitrogens with one attached hydrogen (secondary N) is 1. The Morgan fingerprint density at radius 3 is 2.24 bits per heavy atom. The summed E-state index contributed by atoms with van der Waals surface area (Å²) in [6.45, 7) is 0. The summed E-state index contributed by atoms with van der Waals surface area (Å²) in [5.74, 6) is -0.536. The second-order valence-corrected chi connectivity index (χ2v) is 6.64. The Bertz CT molecular complexity index is 941. The van der Waals surface area contributed by atoms with Crippen LogP contribution in [0.3, 0.4) is 0 Å². The molecule has 0 saturated carbocycles. The molecule has 124 valence electrons. The summed E-state index contributed by atoms with van der Waals surface area (Å²) in [5, 5.41) is 3.17. The summed E-state index contributed by atoms with van der Waals surface area (Å²) in [6, 6.07) is 20.8. The van der Waals surface area contributed by atoms with Crippen LogP contribution in [0.15, 0.2) is 77.3 Å². The van der Waals surface area contributed by atoms with Crippen LogP contribution in [0.25, 0.3) is 0 Å². The average molecular weight is 415 g/mol. The van der Waals surface area contributed by atoms with Crippen molar-refractivity contribution in [3.05, 3.63) is 99.0 Å². The topological polar surface area (TPSA) is 46.2 Å². The molecule has 3 nitrogen and oxygen atoms in total. The number of anilines is 1. The quantitative estimate of drug-likeness (QED) is 0.566. The predicted octanol–water partition coefficient (Wildman–Crippen LogP) is 5.59. The highest BCUT2D eigenvalue weighted by molar-refractivity contribution is 9.10. The Labute approximate surface area is 158 Å². The van der Waals surface area contributed by atoms with E-state index >= 15 is 0 Å². The van der Waals surface area contributed by atoms with Crippen molar-refractivity contribution in [2.24, 2.45) is 0 Å². The maximum Gasteiger partial charge on any atom is 0.255 e. The number of rotatable bonds is 4. The minimum atomic E-state index is -0.281. The Kier molecular flexibility index (Phi) is 5.31. The van der Waals surface area contributed by atoms with E-state index in [1.807, 2.05) is 6.07 Å². The fourth-order valence-corrected chi connectivity index (χ4v) is 2.97. The van der Waals surface area contributed by atoms with Crippen LogP contribution in [0.5, 0.6) is 0 Å². The van der Waals surface area contributed by atoms with Crippen LogP contribution in [-0.4, -0.2) is 11.7 Å². The van der Waals surface area contributed by atoms with E-state index < -0.39 is 0 Å². The Balaban J connectivity index is 1.98. The van der Waals surface area contributed by atoms with Crippen molar-refractivity contribution in [3.63, 3.8) is 0 Å². The van der Waals surface area contributed by atoms with Gasteiger partial charge in [0.15, 0.2) is 5.78 Å². The lowest BCUT2D eigenvalue weighted by Gasteiger charge is -2.12. The van der Waals surface area contributed by atoms with E-state index in [0.29, 0.717) is 27.4 Å². The van der Waals surface area contributed by atoms with Crippen LogP contribution >= 0.6 is 27.5 Å². The molecule has 0 spiro atoms. The van der Waals surface area contributed by atoms with Crippen LogP contribution in [0.4, 0.5) is 5.69 Å². The van der Waals surface area contributed by atoms with Crippen molar-refractivity contribution < 1.29 is 9.59 Å². The summed E-state index contributed by atoms with van der Waals surface area (Å²) < 4.78 is 0.737. The van der Waals surface area contributed by atoms with E-state index in [1.54, 1.807) is 66.7 Å². The summed E-state index contributed by atoms with van der Waals surface area (Å²) >= 11 is 9.51. The minimum absolute atomic E-state index is 0.254. The van der Waals surface area contributed by atoms with Crippen molar-refractivity contribution in [2.45, 2.75) is 0 Å². The first-order chi connectivity index (χ1) is 12.1. The van der Waals surface area contributed by atoms with E-state index in [-0.39, 0.29) is 11.7 Å². The lowest BCUT2D eigenvalue weighted by molar-refractivity contribution is 0.102. The van der Waals surface area contributed by atoms with Gasteiger partial charge in [-0.1, -0.05) is 57.9 Å². The molecule has 1 amide bonds. The molecule has 3 rings (SSSR count). The summed E-state index contributed by atoms with van der Waals surface area (Å²) in [6.07, 6.45) is 0. The zero-order chi connectivity index (χ0) is 17.8. The van der Waals surface area contributed by atoms with Crippen molar-refractivity contribution in [3.8, 4) is 0 Å². The third kappa shape index (κ3) is 3.98. The standard InChI is InChI=1S/C20H13BrClNO2/c21-14-10-11-18(23-20(25)13-6-2-1-3-7-13)16(12-14)19(24)15-8-4-5-9-17(15)22/h1-12H,(H,23,25). The SMILES string of the molecule is O=C(Nc1ccc(Br)cc1C(=O)c1ccccc1Cl)c1ccccc1. The molecule has 0 saturated heterocycles. The van der Waals surface area contributed by atoms with Gasteiger partial charge in [0.05, 0.1) is 10.7 Å². The van der Waals surface area contributed by atoms with Crippen LogP contribution < -0.4 is 5.32 Å². The number of hydrogen-bond acceptors (Lipinski definition) is 2. The zero-order valence-electron chi connectivity index (χ0n) is 13.0. The van der Waals surface area contributed by atoms with Crippen molar-refractivity contribution in [2.75, 3.05) is 5.32 Å². The molecule has 0 fully saturated rings. The van der Waals surface area contributed by atoms with Crippen LogP contribution in [0, 0.1) is 0 Å². The fraction of sp³-hybridized carbons (Fsp3) is 0. The molecule has 5 heteroatoms. The first-order valence-corrected chi connectivity index (χ1v) is 8.68. The van der Waals surface area contributed by atoms with Gasteiger partial charge in [-0.25, -0.2) is 0 Å². The third-order valence-electron chi connectivity index (χ3n) is 3.63. The first-order valence-electron chi connectivity index (χ1n) is 7.51. The predicted molar refractivity (Wildman–Crippen MR) is 103 cm³/mol. The van der Waals surface area contributed by atoms with Crippen LogP contribution in [0.1, 0.15) is 26.3 Å². The largest absolute Gasteiger partial charge is 0.321 e. The molecule has 3 aromatic carbocycles. The molecule has 0 heterocycles. The molecule has 0 aliphatic carbocycles. The number of hydrogen-bond donors (Lipinski definition) is 1. The molecule has 0 aliphatic rings. The van der Waals surface area contributed by atoms with E-state index in [4.69, 9.17) is 11.6 Å². The van der Waals surface area contributed by atoms with E-state index in [9.17, 15) is 9.59 Å². The van der Waals surface area contributed by atoms with E-state index in [2.05, 4.69) is 21.2 Å². The van der Waals surface area contributed by atoms with Crippen LogP contribution in [0.2, 0.25) is 5.02 Å². The maximum atomic E-state index is 12.9. The molecule has 3 aromatic rings. The smallest absolute Gasteiger partial charge is 0.255 e. The van der Waals surface area contributed by atoms with Gasteiger partial charge in [-0.3, -0.25) is 9.59 Å². The molecule has 25 heavy (non-hydrogen) atoms. The van der Waals surface area contributed by atoms with Gasteiger partial charge in [-0.05, 0) is 42.5 Å². The second kappa shape index (κ2) is 7.64. The van der Waals surface area contributed by atoms with Gasteiger partial charge in [0.2, 0.25) is 0 Å². The summed E-state index contributed by atoms with van der Waals surface area (Å²) in [7, 11) is 0. The lowest BCUT2D eigenvalue weighted by Crippen LogP contribution is -2.15. The molecule has 0 unspecified atom stereocenters. The van der Waals surface area contributed by atoms with Gasteiger partial charge in [0.25, 0.3) is 5.91 Å². The summed E-state index contributed by atoms with van der Waals surface area (Å²) in [5.41, 5.74) is 1.70. The zero-order valence-corrected chi connectivity index (χ0v) is 15.3. The minimum Gasteiger partial charge on any atom is -0.321 e. The van der Waals surface area contributed by atoms with Gasteiger partial charge in [-0.15, -0.1) is 0 Å². The monoisotopic (exact) mass is 413 g/mol. The molecule has 0 atom stereocenters. The van der Waals surface area contributed by atoms with Gasteiger partial charge >= 0.3 is 0 Å². The average Bonchev–Trinajstić information content (AvgIpc) is 2.63. The number of benzene rings is 3. The number of amides is 1. The molecular weight excluding hydrogens is 402 g/mol. The highest BCUT2D eigenvalue weighted by atomic mass is 79.9.